The Hall–Kier alpha value is -0.830. The van der Waals surface area contributed by atoms with Gasteiger partial charge in [-0.15, -0.1) is 0 Å². The third-order valence-corrected chi connectivity index (χ3v) is 2.24. The lowest BCUT2D eigenvalue weighted by Crippen LogP contribution is -2.11. The lowest BCUT2D eigenvalue weighted by atomic mass is 10.2. The molecule has 0 aliphatic heterocycles. The minimum atomic E-state index is 0.480. The van der Waals surface area contributed by atoms with Crippen molar-refractivity contribution in [3.63, 3.8) is 0 Å². The van der Waals surface area contributed by atoms with Gasteiger partial charge in [-0.3, -0.25) is 4.68 Å². The summed E-state index contributed by atoms with van der Waals surface area (Å²) in [5.41, 5.74) is 1.08. The predicted molar refractivity (Wildman–Crippen MR) is 52.8 cm³/mol. The molecule has 3 heteroatoms. The minimum Gasteiger partial charge on any atom is -0.385 e. The van der Waals surface area contributed by atoms with Crippen molar-refractivity contribution < 1.29 is 4.74 Å². The zero-order valence-electron chi connectivity index (χ0n) is 8.66. The molecule has 1 rings (SSSR count). The van der Waals surface area contributed by atoms with Gasteiger partial charge >= 0.3 is 0 Å². The molecule has 0 bridgehead atoms. The summed E-state index contributed by atoms with van der Waals surface area (Å²) in [5, 5.41) is 4.40. The van der Waals surface area contributed by atoms with Gasteiger partial charge in [0.05, 0.1) is 11.7 Å². The highest BCUT2D eigenvalue weighted by Gasteiger charge is 2.08. The van der Waals surface area contributed by atoms with E-state index in [4.69, 9.17) is 4.74 Å². The maximum atomic E-state index is 5.06. The van der Waals surface area contributed by atoms with Crippen LogP contribution in [0.15, 0.2) is 12.3 Å². The van der Waals surface area contributed by atoms with Crippen molar-refractivity contribution in [1.29, 1.82) is 0 Å². The first kappa shape index (κ1) is 10.3. The van der Waals surface area contributed by atoms with E-state index in [1.807, 2.05) is 23.9 Å². The fourth-order valence-electron chi connectivity index (χ4n) is 1.41. The maximum absolute atomic E-state index is 5.06. The molecule has 0 spiro atoms. The van der Waals surface area contributed by atoms with Crippen LogP contribution >= 0.6 is 0 Å². The van der Waals surface area contributed by atoms with Gasteiger partial charge < -0.3 is 4.74 Å². The van der Waals surface area contributed by atoms with E-state index in [1.165, 1.54) is 0 Å². The number of nitrogens with zero attached hydrogens (tertiary/aromatic N) is 2. The number of ether oxygens (including phenoxy) is 1. The number of methoxy groups -OCH3 is 1. The van der Waals surface area contributed by atoms with Crippen LogP contribution in [0.25, 0.3) is 0 Å². The summed E-state index contributed by atoms with van der Waals surface area (Å²) < 4.78 is 7.10. The monoisotopic (exact) mass is 182 g/mol. The van der Waals surface area contributed by atoms with Crippen LogP contribution in [0.2, 0.25) is 0 Å². The summed E-state index contributed by atoms with van der Waals surface area (Å²) in [6, 6.07) is 2.52. The van der Waals surface area contributed by atoms with E-state index in [9.17, 15) is 0 Å². The topological polar surface area (TPSA) is 27.1 Å². The van der Waals surface area contributed by atoms with Crippen LogP contribution in [0.4, 0.5) is 0 Å². The first-order valence-electron chi connectivity index (χ1n) is 4.78. The molecule has 1 aromatic rings. The summed E-state index contributed by atoms with van der Waals surface area (Å²) in [4.78, 5) is 0. The van der Waals surface area contributed by atoms with Gasteiger partial charge in [-0.25, -0.2) is 0 Å². The first-order valence-corrected chi connectivity index (χ1v) is 4.78. The smallest absolute Gasteiger partial charge is 0.0593 e. The Bertz CT molecular complexity index is 245. The van der Waals surface area contributed by atoms with Gasteiger partial charge in [0.25, 0.3) is 0 Å². The summed E-state index contributed by atoms with van der Waals surface area (Å²) in [6.45, 7) is 4.99. The van der Waals surface area contributed by atoms with Crippen molar-refractivity contribution in [2.75, 3.05) is 13.7 Å². The Kier molecular flexibility index (Phi) is 3.96. The van der Waals surface area contributed by atoms with Crippen LogP contribution in [-0.4, -0.2) is 23.5 Å². The second-order valence-electron chi connectivity index (χ2n) is 3.28. The van der Waals surface area contributed by atoms with Crippen LogP contribution in [0.1, 0.15) is 31.5 Å². The molecule has 1 unspecified atom stereocenters. The third-order valence-electron chi connectivity index (χ3n) is 2.24. The molecule has 0 aliphatic carbocycles. The van der Waals surface area contributed by atoms with Crippen LogP contribution in [-0.2, 0) is 4.74 Å². The van der Waals surface area contributed by atoms with Crippen molar-refractivity contribution in [3.05, 3.63) is 18.0 Å². The van der Waals surface area contributed by atoms with E-state index < -0.39 is 0 Å². The number of aromatic nitrogens is 2. The van der Waals surface area contributed by atoms with Gasteiger partial charge in [0.15, 0.2) is 0 Å². The Morgan fingerprint density at radius 1 is 1.62 bits per heavy atom. The minimum absolute atomic E-state index is 0.480. The van der Waals surface area contributed by atoms with Gasteiger partial charge in [-0.05, 0) is 25.8 Å². The Morgan fingerprint density at radius 2 is 2.38 bits per heavy atom. The van der Waals surface area contributed by atoms with Crippen molar-refractivity contribution in [2.45, 2.75) is 32.7 Å². The fourth-order valence-corrected chi connectivity index (χ4v) is 1.41. The summed E-state index contributed by atoms with van der Waals surface area (Å²) >= 11 is 0. The second-order valence-corrected chi connectivity index (χ2v) is 3.28. The van der Waals surface area contributed by atoms with Crippen LogP contribution in [0, 0.1) is 6.92 Å². The van der Waals surface area contributed by atoms with Crippen molar-refractivity contribution in [2.24, 2.45) is 0 Å². The summed E-state index contributed by atoms with van der Waals surface area (Å²) in [7, 11) is 1.74. The Morgan fingerprint density at radius 3 is 2.85 bits per heavy atom. The zero-order valence-corrected chi connectivity index (χ0v) is 8.66. The van der Waals surface area contributed by atoms with Crippen LogP contribution in [0.3, 0.4) is 0 Å². The largest absolute Gasteiger partial charge is 0.385 e. The van der Waals surface area contributed by atoms with E-state index in [0.29, 0.717) is 6.04 Å². The summed E-state index contributed by atoms with van der Waals surface area (Å²) in [6.07, 6.45) is 4.18. The third kappa shape index (κ3) is 2.84. The SMILES string of the molecule is CCC(CCOC)n1ccc(C)n1. The molecule has 1 atom stereocenters. The maximum Gasteiger partial charge on any atom is 0.0593 e. The molecule has 3 nitrogen and oxygen atoms in total. The highest BCUT2D eigenvalue weighted by atomic mass is 16.5. The number of hydrogen-bond donors (Lipinski definition) is 0. The van der Waals surface area contributed by atoms with E-state index in [2.05, 4.69) is 12.0 Å². The average Bonchev–Trinajstić information content (AvgIpc) is 2.54. The van der Waals surface area contributed by atoms with Crippen LogP contribution in [0.5, 0.6) is 0 Å². The van der Waals surface area contributed by atoms with Gasteiger partial charge in [0.1, 0.15) is 0 Å². The van der Waals surface area contributed by atoms with Gasteiger partial charge in [-0.2, -0.15) is 5.10 Å². The molecular formula is C10H18N2O. The van der Waals surface area contributed by atoms with Gasteiger partial charge in [0.2, 0.25) is 0 Å². The van der Waals surface area contributed by atoms with Gasteiger partial charge in [0, 0.05) is 19.9 Å². The first-order chi connectivity index (χ1) is 6.27. The van der Waals surface area contributed by atoms with Crippen LogP contribution < -0.4 is 0 Å². The van der Waals surface area contributed by atoms with E-state index in [0.717, 1.165) is 25.1 Å². The Labute approximate surface area is 79.7 Å². The quantitative estimate of drug-likeness (QED) is 0.698. The molecule has 0 aliphatic rings. The van der Waals surface area contributed by atoms with E-state index in [1.54, 1.807) is 7.11 Å². The molecule has 0 N–H and O–H groups in total. The molecule has 0 radical (unpaired) electrons. The molecule has 0 saturated carbocycles. The highest BCUT2D eigenvalue weighted by Crippen LogP contribution is 2.14. The molecule has 1 aromatic heterocycles. The lowest BCUT2D eigenvalue weighted by Gasteiger charge is -2.14. The molecule has 0 amide bonds. The molecule has 0 fully saturated rings. The highest BCUT2D eigenvalue weighted by molar-refractivity contribution is 4.95. The van der Waals surface area contributed by atoms with E-state index >= 15 is 0 Å². The van der Waals surface area contributed by atoms with Crippen molar-refractivity contribution in [1.82, 2.24) is 9.78 Å². The number of rotatable bonds is 5. The normalized spacial score (nSPS) is 13.2. The average molecular weight is 182 g/mol. The molecule has 74 valence electrons. The summed E-state index contributed by atoms with van der Waals surface area (Å²) in [5.74, 6) is 0. The molecule has 0 saturated heterocycles. The van der Waals surface area contributed by atoms with Crippen molar-refractivity contribution >= 4 is 0 Å². The molecule has 1 heterocycles. The second kappa shape index (κ2) is 5.02. The standard InChI is InChI=1S/C10H18N2O/c1-4-10(6-8-13-3)12-7-5-9(2)11-12/h5,7,10H,4,6,8H2,1-3H3. The number of aryl methyl sites for hydroxylation is 1. The predicted octanol–water partition coefficient (Wildman–Crippen LogP) is 2.18. The van der Waals surface area contributed by atoms with Gasteiger partial charge in [-0.1, -0.05) is 6.92 Å². The molecule has 0 aromatic carbocycles. The zero-order chi connectivity index (χ0) is 9.68. The van der Waals surface area contributed by atoms with E-state index in [-0.39, 0.29) is 0 Å². The lowest BCUT2D eigenvalue weighted by molar-refractivity contribution is 0.174. The fraction of sp³-hybridized carbons (Fsp3) is 0.700. The van der Waals surface area contributed by atoms with Crippen molar-refractivity contribution in [3.8, 4) is 0 Å². The molecular weight excluding hydrogens is 164 g/mol. The number of hydrogen-bond acceptors (Lipinski definition) is 2. The Balaban J connectivity index is 2.56. The molecule has 13 heavy (non-hydrogen) atoms.